The maximum Gasteiger partial charge on any atom is 0.281 e. The van der Waals surface area contributed by atoms with Gasteiger partial charge in [-0.25, -0.2) is 8.78 Å². The fourth-order valence-corrected chi connectivity index (χ4v) is 1.14. The Morgan fingerprint density at radius 2 is 1.92 bits per heavy atom. The number of hydrogen-bond donors (Lipinski definition) is 0. The number of nitrogens with zero attached hydrogens (tertiary/aromatic N) is 1. The van der Waals surface area contributed by atoms with Crippen LogP contribution in [0.15, 0.2) is 12.1 Å². The Morgan fingerprint density at radius 1 is 1.31 bits per heavy atom. The predicted molar refractivity (Wildman–Crippen MR) is 48.3 cm³/mol. The van der Waals surface area contributed by atoms with Crippen molar-refractivity contribution < 1.29 is 8.78 Å². The third-order valence-corrected chi connectivity index (χ3v) is 2.01. The Balaban J connectivity index is 3.11. The third kappa shape index (κ3) is 2.37. The predicted octanol–water partition coefficient (Wildman–Crippen LogP) is 3.80. The number of alkyl halides is 2. The molecule has 1 aromatic rings. The average molecular weight is 206 g/mol. The van der Waals surface area contributed by atoms with E-state index in [9.17, 15) is 8.78 Å². The van der Waals surface area contributed by atoms with Crippen molar-refractivity contribution in [1.29, 1.82) is 0 Å². The quantitative estimate of drug-likeness (QED) is 0.716. The van der Waals surface area contributed by atoms with Crippen molar-refractivity contribution in [3.8, 4) is 0 Å². The number of hydrogen-bond acceptors (Lipinski definition) is 1. The van der Waals surface area contributed by atoms with Gasteiger partial charge in [-0.2, -0.15) is 0 Å². The molecule has 0 aliphatic carbocycles. The summed E-state index contributed by atoms with van der Waals surface area (Å²) in [5, 5.41) is 0.0272. The highest BCUT2D eigenvalue weighted by molar-refractivity contribution is 6.31. The first-order valence-corrected chi connectivity index (χ1v) is 4.34. The molecule has 0 unspecified atom stereocenters. The van der Waals surface area contributed by atoms with Gasteiger partial charge in [0, 0.05) is 5.69 Å². The molecule has 13 heavy (non-hydrogen) atoms. The van der Waals surface area contributed by atoms with E-state index >= 15 is 0 Å². The van der Waals surface area contributed by atoms with Crippen LogP contribution in [-0.2, 0) is 0 Å². The van der Waals surface area contributed by atoms with E-state index in [-0.39, 0.29) is 16.6 Å². The summed E-state index contributed by atoms with van der Waals surface area (Å²) in [4.78, 5) is 3.79. The fraction of sp³-hybridized carbons (Fsp3) is 0.444. The first-order valence-electron chi connectivity index (χ1n) is 3.97. The van der Waals surface area contributed by atoms with Gasteiger partial charge in [0.15, 0.2) is 0 Å². The lowest BCUT2D eigenvalue weighted by Gasteiger charge is -2.07. The van der Waals surface area contributed by atoms with E-state index in [1.165, 1.54) is 6.07 Å². The molecule has 0 fully saturated rings. The molecular formula is C9H10ClF2N. The van der Waals surface area contributed by atoms with Crippen molar-refractivity contribution >= 4 is 11.6 Å². The van der Waals surface area contributed by atoms with Crippen molar-refractivity contribution in [2.45, 2.75) is 26.2 Å². The van der Waals surface area contributed by atoms with Gasteiger partial charge in [-0.1, -0.05) is 25.4 Å². The van der Waals surface area contributed by atoms with Crippen LogP contribution in [0, 0.1) is 0 Å². The Hall–Kier alpha value is -0.700. The van der Waals surface area contributed by atoms with Crippen LogP contribution in [0.4, 0.5) is 8.78 Å². The minimum atomic E-state index is -2.61. The maximum absolute atomic E-state index is 12.3. The molecule has 0 saturated heterocycles. The normalized spacial score (nSPS) is 11.3. The zero-order valence-electron chi connectivity index (χ0n) is 7.39. The van der Waals surface area contributed by atoms with Crippen molar-refractivity contribution in [3.63, 3.8) is 0 Å². The van der Waals surface area contributed by atoms with Gasteiger partial charge in [-0.15, -0.1) is 0 Å². The van der Waals surface area contributed by atoms with Gasteiger partial charge >= 0.3 is 0 Å². The van der Waals surface area contributed by atoms with E-state index in [1.807, 2.05) is 13.8 Å². The smallest absolute Gasteiger partial charge is 0.250 e. The maximum atomic E-state index is 12.3. The van der Waals surface area contributed by atoms with E-state index in [2.05, 4.69) is 4.98 Å². The average Bonchev–Trinajstić information content (AvgIpc) is 2.04. The zero-order chi connectivity index (χ0) is 10.0. The summed E-state index contributed by atoms with van der Waals surface area (Å²) >= 11 is 5.55. The van der Waals surface area contributed by atoms with E-state index in [0.29, 0.717) is 5.69 Å². The Labute approximate surface area is 80.7 Å². The number of pyridine rings is 1. The lowest BCUT2D eigenvalue weighted by molar-refractivity contribution is 0.146. The van der Waals surface area contributed by atoms with Crippen LogP contribution in [0.5, 0.6) is 0 Å². The standard InChI is InChI=1S/C9H10ClF2N/c1-5(2)7-4-3-6(10)8(13-7)9(11)12/h3-5,9H,1-2H3. The van der Waals surface area contributed by atoms with E-state index < -0.39 is 6.43 Å². The van der Waals surface area contributed by atoms with Gasteiger partial charge in [0.25, 0.3) is 6.43 Å². The van der Waals surface area contributed by atoms with E-state index in [0.717, 1.165) is 0 Å². The molecule has 0 atom stereocenters. The summed E-state index contributed by atoms with van der Waals surface area (Å²) in [7, 11) is 0. The van der Waals surface area contributed by atoms with Gasteiger partial charge in [0.2, 0.25) is 0 Å². The van der Waals surface area contributed by atoms with Gasteiger partial charge in [0.05, 0.1) is 5.02 Å². The molecule has 4 heteroatoms. The highest BCUT2D eigenvalue weighted by Gasteiger charge is 2.15. The minimum Gasteiger partial charge on any atom is -0.250 e. The Morgan fingerprint density at radius 3 is 2.38 bits per heavy atom. The van der Waals surface area contributed by atoms with E-state index in [1.54, 1.807) is 6.07 Å². The second kappa shape index (κ2) is 4.01. The molecular weight excluding hydrogens is 196 g/mol. The summed E-state index contributed by atoms with van der Waals surface area (Å²) in [5.74, 6) is 0.134. The van der Waals surface area contributed by atoms with Crippen LogP contribution < -0.4 is 0 Å². The van der Waals surface area contributed by atoms with Crippen LogP contribution in [0.25, 0.3) is 0 Å². The molecule has 72 valence electrons. The van der Waals surface area contributed by atoms with Crippen molar-refractivity contribution in [1.82, 2.24) is 4.98 Å². The van der Waals surface area contributed by atoms with Gasteiger partial charge in [-0.3, -0.25) is 4.98 Å². The van der Waals surface area contributed by atoms with Gasteiger partial charge < -0.3 is 0 Å². The molecule has 0 bridgehead atoms. The molecule has 1 rings (SSSR count). The minimum absolute atomic E-state index is 0.0272. The fourth-order valence-electron chi connectivity index (χ4n) is 0.948. The first-order chi connectivity index (χ1) is 6.02. The highest BCUT2D eigenvalue weighted by atomic mass is 35.5. The number of aromatic nitrogens is 1. The van der Waals surface area contributed by atoms with E-state index in [4.69, 9.17) is 11.6 Å². The summed E-state index contributed by atoms with van der Waals surface area (Å²) in [5.41, 5.74) is 0.313. The largest absolute Gasteiger partial charge is 0.281 e. The van der Waals surface area contributed by atoms with Crippen LogP contribution in [0.1, 0.15) is 37.6 Å². The Bertz CT molecular complexity index is 300. The van der Waals surface area contributed by atoms with Crippen LogP contribution in [-0.4, -0.2) is 4.98 Å². The summed E-state index contributed by atoms with van der Waals surface area (Å²) < 4.78 is 24.6. The topological polar surface area (TPSA) is 12.9 Å². The molecule has 0 aliphatic heterocycles. The van der Waals surface area contributed by atoms with Gasteiger partial charge in [-0.05, 0) is 18.1 Å². The van der Waals surface area contributed by atoms with Crippen LogP contribution >= 0.6 is 11.6 Å². The second-order valence-corrected chi connectivity index (χ2v) is 3.47. The first kappa shape index (κ1) is 10.4. The molecule has 0 aliphatic rings. The lowest BCUT2D eigenvalue weighted by atomic mass is 10.1. The third-order valence-electron chi connectivity index (χ3n) is 1.69. The number of halogens is 3. The van der Waals surface area contributed by atoms with Crippen LogP contribution in [0.3, 0.4) is 0 Å². The van der Waals surface area contributed by atoms with Crippen molar-refractivity contribution in [2.24, 2.45) is 0 Å². The molecule has 0 radical (unpaired) electrons. The summed E-state index contributed by atoms with van der Waals surface area (Å²) in [6.45, 7) is 3.79. The van der Waals surface area contributed by atoms with Crippen molar-refractivity contribution in [3.05, 3.63) is 28.5 Å². The number of rotatable bonds is 2. The molecule has 0 saturated carbocycles. The monoisotopic (exact) mass is 205 g/mol. The SMILES string of the molecule is CC(C)c1ccc(Cl)c(C(F)F)n1. The second-order valence-electron chi connectivity index (χ2n) is 3.06. The summed E-state index contributed by atoms with van der Waals surface area (Å²) in [6.07, 6.45) is -2.61. The molecule has 0 N–H and O–H groups in total. The highest BCUT2D eigenvalue weighted by Crippen LogP contribution is 2.26. The molecule has 0 aromatic carbocycles. The Kier molecular flexibility index (Phi) is 3.20. The molecule has 1 heterocycles. The lowest BCUT2D eigenvalue weighted by Crippen LogP contribution is -1.98. The molecule has 1 aromatic heterocycles. The van der Waals surface area contributed by atoms with Crippen LogP contribution in [0.2, 0.25) is 5.02 Å². The van der Waals surface area contributed by atoms with Crippen molar-refractivity contribution in [2.75, 3.05) is 0 Å². The van der Waals surface area contributed by atoms with Gasteiger partial charge in [0.1, 0.15) is 5.69 Å². The zero-order valence-corrected chi connectivity index (χ0v) is 8.15. The molecule has 0 spiro atoms. The molecule has 0 amide bonds. The molecule has 1 nitrogen and oxygen atoms in total. The summed E-state index contributed by atoms with van der Waals surface area (Å²) in [6, 6.07) is 3.13.